The van der Waals surface area contributed by atoms with E-state index in [4.69, 9.17) is 16.9 Å². The second-order valence-electron chi connectivity index (χ2n) is 4.20. The van der Waals surface area contributed by atoms with Gasteiger partial charge < -0.3 is 5.32 Å². The predicted octanol–water partition coefficient (Wildman–Crippen LogP) is 3.91. The zero-order valence-electron chi connectivity index (χ0n) is 10.6. The quantitative estimate of drug-likeness (QED) is 0.911. The largest absolute Gasteiger partial charge is 0.321 e. The number of amides is 1. The van der Waals surface area contributed by atoms with Crippen molar-refractivity contribution in [2.45, 2.75) is 6.92 Å². The number of hydrogen-bond acceptors (Lipinski definition) is 2. The lowest BCUT2D eigenvalue weighted by Crippen LogP contribution is -2.14. The van der Waals surface area contributed by atoms with Crippen LogP contribution in [0.4, 0.5) is 10.1 Å². The molecule has 2 aromatic carbocycles. The Balaban J connectivity index is 2.29. The molecule has 0 radical (unpaired) electrons. The van der Waals surface area contributed by atoms with Crippen molar-refractivity contribution in [2.24, 2.45) is 0 Å². The first-order valence-corrected chi connectivity index (χ1v) is 6.17. The van der Waals surface area contributed by atoms with Crippen molar-refractivity contribution in [3.8, 4) is 6.07 Å². The van der Waals surface area contributed by atoms with Crippen molar-refractivity contribution in [3.05, 3.63) is 63.9 Å². The minimum Gasteiger partial charge on any atom is -0.321 e. The van der Waals surface area contributed by atoms with Crippen LogP contribution in [-0.4, -0.2) is 5.91 Å². The Bertz CT molecular complexity index is 722. The third-order valence-corrected chi connectivity index (χ3v) is 3.10. The maximum Gasteiger partial charge on any atom is 0.258 e. The molecule has 0 saturated carbocycles. The van der Waals surface area contributed by atoms with Gasteiger partial charge in [0.1, 0.15) is 5.82 Å². The Morgan fingerprint density at radius 2 is 2.10 bits per heavy atom. The Morgan fingerprint density at radius 3 is 2.75 bits per heavy atom. The fraction of sp³-hybridized carbons (Fsp3) is 0.0667. The van der Waals surface area contributed by atoms with Crippen molar-refractivity contribution in [3.63, 3.8) is 0 Å². The molecule has 2 rings (SSSR count). The highest BCUT2D eigenvalue weighted by Crippen LogP contribution is 2.24. The maximum atomic E-state index is 13.8. The van der Waals surface area contributed by atoms with Crippen molar-refractivity contribution in [1.82, 2.24) is 0 Å². The highest BCUT2D eigenvalue weighted by atomic mass is 35.5. The van der Waals surface area contributed by atoms with E-state index < -0.39 is 11.7 Å². The Morgan fingerprint density at radius 1 is 1.35 bits per heavy atom. The molecule has 0 heterocycles. The summed E-state index contributed by atoms with van der Waals surface area (Å²) in [4.78, 5) is 12.0. The van der Waals surface area contributed by atoms with Crippen LogP contribution in [0.25, 0.3) is 0 Å². The van der Waals surface area contributed by atoms with Crippen molar-refractivity contribution in [1.29, 1.82) is 5.26 Å². The molecule has 0 aliphatic rings. The number of nitrogens with zero attached hydrogens (tertiary/aromatic N) is 1. The first kappa shape index (κ1) is 14.0. The molecule has 0 unspecified atom stereocenters. The minimum atomic E-state index is -0.585. The highest BCUT2D eigenvalue weighted by molar-refractivity contribution is 6.34. The summed E-state index contributed by atoms with van der Waals surface area (Å²) in [6.07, 6.45) is 0. The number of nitriles is 1. The van der Waals surface area contributed by atoms with E-state index in [2.05, 4.69) is 5.32 Å². The Labute approximate surface area is 120 Å². The summed E-state index contributed by atoms with van der Waals surface area (Å²) in [5.74, 6) is -1.15. The van der Waals surface area contributed by atoms with Crippen LogP contribution < -0.4 is 5.32 Å². The standard InChI is InChI=1S/C15H10ClFN2O/c1-9-3-2-4-11(14(9)17)15(20)19-13-6-5-10(8-18)7-12(13)16/h2-7H,1H3,(H,19,20). The summed E-state index contributed by atoms with van der Waals surface area (Å²) in [7, 11) is 0. The van der Waals surface area contributed by atoms with Crippen LogP contribution in [0, 0.1) is 24.1 Å². The number of carbonyl (C=O) groups excluding carboxylic acids is 1. The van der Waals surface area contributed by atoms with E-state index in [0.717, 1.165) is 0 Å². The van der Waals surface area contributed by atoms with Gasteiger partial charge in [-0.25, -0.2) is 4.39 Å². The Hall–Kier alpha value is -2.38. The molecule has 20 heavy (non-hydrogen) atoms. The second-order valence-corrected chi connectivity index (χ2v) is 4.60. The van der Waals surface area contributed by atoms with Crippen molar-refractivity contribution >= 4 is 23.2 Å². The number of aryl methyl sites for hydroxylation is 1. The number of halogens is 2. The van der Waals surface area contributed by atoms with Crippen LogP contribution in [0.5, 0.6) is 0 Å². The summed E-state index contributed by atoms with van der Waals surface area (Å²) >= 11 is 5.95. The minimum absolute atomic E-state index is 0.0505. The van der Waals surface area contributed by atoms with Gasteiger partial charge in [-0.15, -0.1) is 0 Å². The third kappa shape index (κ3) is 2.79. The van der Waals surface area contributed by atoms with Crippen LogP contribution >= 0.6 is 11.6 Å². The number of nitrogens with one attached hydrogen (secondary N) is 1. The summed E-state index contributed by atoms with van der Waals surface area (Å²) in [6.45, 7) is 1.58. The molecule has 0 aromatic heterocycles. The molecule has 1 amide bonds. The fourth-order valence-electron chi connectivity index (χ4n) is 1.70. The van der Waals surface area contributed by atoms with E-state index >= 15 is 0 Å². The van der Waals surface area contributed by atoms with Crippen LogP contribution in [-0.2, 0) is 0 Å². The smallest absolute Gasteiger partial charge is 0.258 e. The van der Waals surface area contributed by atoms with Gasteiger partial charge in [-0.1, -0.05) is 23.7 Å². The molecule has 0 spiro atoms. The van der Waals surface area contributed by atoms with Crippen molar-refractivity contribution in [2.75, 3.05) is 5.32 Å². The number of benzene rings is 2. The van der Waals surface area contributed by atoms with E-state index in [-0.39, 0.29) is 10.6 Å². The molecule has 5 heteroatoms. The molecule has 1 N–H and O–H groups in total. The topological polar surface area (TPSA) is 52.9 Å². The summed E-state index contributed by atoms with van der Waals surface area (Å²) < 4.78 is 13.8. The van der Waals surface area contributed by atoms with E-state index in [9.17, 15) is 9.18 Å². The summed E-state index contributed by atoms with van der Waals surface area (Å²) in [5, 5.41) is 11.5. The van der Waals surface area contributed by atoms with E-state index in [1.165, 1.54) is 24.3 Å². The van der Waals surface area contributed by atoms with Crippen LogP contribution in [0.2, 0.25) is 5.02 Å². The molecule has 0 aliphatic heterocycles. The zero-order chi connectivity index (χ0) is 14.7. The molecule has 2 aromatic rings. The van der Waals surface area contributed by atoms with E-state index in [1.54, 1.807) is 19.1 Å². The number of hydrogen-bond donors (Lipinski definition) is 1. The van der Waals surface area contributed by atoms with Gasteiger partial charge in [-0.3, -0.25) is 4.79 Å². The number of anilines is 1. The third-order valence-electron chi connectivity index (χ3n) is 2.78. The molecule has 0 aliphatic carbocycles. The van der Waals surface area contributed by atoms with E-state index in [1.807, 2.05) is 6.07 Å². The molecule has 0 atom stereocenters. The molecular weight excluding hydrogens is 279 g/mol. The van der Waals surface area contributed by atoms with Gasteiger partial charge in [-0.2, -0.15) is 5.26 Å². The monoisotopic (exact) mass is 288 g/mol. The first-order chi connectivity index (χ1) is 9.52. The normalized spacial score (nSPS) is 9.90. The average Bonchev–Trinajstić information content (AvgIpc) is 2.44. The lowest BCUT2D eigenvalue weighted by molar-refractivity contribution is 0.102. The van der Waals surface area contributed by atoms with Gasteiger partial charge in [0.25, 0.3) is 5.91 Å². The van der Waals surface area contributed by atoms with Crippen LogP contribution in [0.3, 0.4) is 0 Å². The van der Waals surface area contributed by atoms with Gasteiger partial charge in [-0.05, 0) is 36.8 Å². The highest BCUT2D eigenvalue weighted by Gasteiger charge is 2.14. The van der Waals surface area contributed by atoms with Gasteiger partial charge in [0.2, 0.25) is 0 Å². The van der Waals surface area contributed by atoms with Gasteiger partial charge in [0.15, 0.2) is 0 Å². The number of carbonyl (C=O) groups is 1. The first-order valence-electron chi connectivity index (χ1n) is 5.79. The van der Waals surface area contributed by atoms with Gasteiger partial charge in [0, 0.05) is 0 Å². The average molecular weight is 289 g/mol. The van der Waals surface area contributed by atoms with Gasteiger partial charge >= 0.3 is 0 Å². The molecular formula is C15H10ClFN2O. The van der Waals surface area contributed by atoms with Crippen molar-refractivity contribution < 1.29 is 9.18 Å². The molecule has 100 valence electrons. The lowest BCUT2D eigenvalue weighted by atomic mass is 10.1. The molecule has 0 saturated heterocycles. The van der Waals surface area contributed by atoms with E-state index in [0.29, 0.717) is 16.8 Å². The fourth-order valence-corrected chi connectivity index (χ4v) is 1.93. The second kappa shape index (κ2) is 5.72. The lowest BCUT2D eigenvalue weighted by Gasteiger charge is -2.09. The molecule has 0 fully saturated rings. The van der Waals surface area contributed by atoms with Crippen LogP contribution in [0.1, 0.15) is 21.5 Å². The zero-order valence-corrected chi connectivity index (χ0v) is 11.3. The number of rotatable bonds is 2. The maximum absolute atomic E-state index is 13.8. The summed E-state index contributed by atoms with van der Waals surface area (Å²) in [5.41, 5.74) is 1.06. The summed E-state index contributed by atoms with van der Waals surface area (Å²) in [6, 6.07) is 11.0. The molecule has 3 nitrogen and oxygen atoms in total. The predicted molar refractivity (Wildman–Crippen MR) is 75.3 cm³/mol. The Kier molecular flexibility index (Phi) is 4.02. The van der Waals surface area contributed by atoms with Crippen LogP contribution in [0.15, 0.2) is 36.4 Å². The molecule has 0 bridgehead atoms. The SMILES string of the molecule is Cc1cccc(C(=O)Nc2ccc(C#N)cc2Cl)c1F. The van der Waals surface area contributed by atoms with Gasteiger partial charge in [0.05, 0.1) is 27.9 Å².